The topological polar surface area (TPSA) is 53.7 Å². The number of benzene rings is 2. The Hall–Kier alpha value is -2.20. The van der Waals surface area contributed by atoms with Gasteiger partial charge >= 0.3 is 0 Å². The average molecular weight is 285 g/mol. The molecule has 0 aliphatic carbocycles. The van der Waals surface area contributed by atoms with Crippen LogP contribution in [0, 0.1) is 0 Å². The Morgan fingerprint density at radius 3 is 2.52 bits per heavy atom. The van der Waals surface area contributed by atoms with Gasteiger partial charge in [-0.15, -0.1) is 0 Å². The fraction of sp³-hybridized carbons (Fsp3) is 0.294. The van der Waals surface area contributed by atoms with E-state index in [1.807, 2.05) is 30.3 Å². The van der Waals surface area contributed by atoms with Crippen molar-refractivity contribution in [1.82, 2.24) is 0 Å². The van der Waals surface area contributed by atoms with Gasteiger partial charge in [0, 0.05) is 12.5 Å². The van der Waals surface area contributed by atoms with Gasteiger partial charge in [0.25, 0.3) is 0 Å². The van der Waals surface area contributed by atoms with Crippen molar-refractivity contribution in [2.24, 2.45) is 5.73 Å². The van der Waals surface area contributed by atoms with Crippen molar-refractivity contribution in [3.63, 3.8) is 0 Å². The second-order valence-electron chi connectivity index (χ2n) is 4.94. The Kier molecular flexibility index (Phi) is 4.26. The molecule has 0 atom stereocenters. The molecule has 2 aromatic carbocycles. The maximum Gasteiger partial charge on any atom is 0.231 e. The molecular formula is C17H19NO3. The van der Waals surface area contributed by atoms with E-state index in [1.165, 1.54) is 5.56 Å². The third-order valence-electron chi connectivity index (χ3n) is 3.46. The predicted octanol–water partition coefficient (Wildman–Crippen LogP) is 2.54. The Morgan fingerprint density at radius 1 is 1.00 bits per heavy atom. The first-order chi connectivity index (χ1) is 10.4. The molecule has 0 radical (unpaired) electrons. The van der Waals surface area contributed by atoms with E-state index in [9.17, 15) is 0 Å². The van der Waals surface area contributed by atoms with Gasteiger partial charge in [0.1, 0.15) is 5.75 Å². The molecule has 0 unspecified atom stereocenters. The molecule has 4 heteroatoms. The molecule has 1 aliphatic rings. The molecule has 4 nitrogen and oxygen atoms in total. The molecule has 110 valence electrons. The summed E-state index contributed by atoms with van der Waals surface area (Å²) in [7, 11) is 0. The van der Waals surface area contributed by atoms with Crippen LogP contribution in [0.1, 0.15) is 11.1 Å². The van der Waals surface area contributed by atoms with Gasteiger partial charge in [-0.2, -0.15) is 0 Å². The lowest BCUT2D eigenvalue weighted by Gasteiger charge is -2.12. The number of nitrogens with two attached hydrogens (primary N) is 1. The van der Waals surface area contributed by atoms with Crippen LogP contribution in [0.4, 0.5) is 0 Å². The molecular weight excluding hydrogens is 266 g/mol. The molecule has 0 amide bonds. The van der Waals surface area contributed by atoms with Gasteiger partial charge in [0.15, 0.2) is 11.5 Å². The summed E-state index contributed by atoms with van der Waals surface area (Å²) in [5.74, 6) is 2.35. The average Bonchev–Trinajstić information content (AvgIpc) is 2.96. The monoisotopic (exact) mass is 285 g/mol. The van der Waals surface area contributed by atoms with Crippen molar-refractivity contribution >= 4 is 0 Å². The molecule has 0 aromatic heterocycles. The van der Waals surface area contributed by atoms with Crippen molar-refractivity contribution in [3.8, 4) is 17.2 Å². The fourth-order valence-corrected chi connectivity index (χ4v) is 2.37. The van der Waals surface area contributed by atoms with Gasteiger partial charge in [0.05, 0.1) is 6.61 Å². The Morgan fingerprint density at radius 2 is 1.76 bits per heavy atom. The Labute approximate surface area is 124 Å². The van der Waals surface area contributed by atoms with Crippen LogP contribution in [-0.2, 0) is 12.8 Å². The van der Waals surface area contributed by atoms with Crippen LogP contribution in [0.5, 0.6) is 17.2 Å². The quantitative estimate of drug-likeness (QED) is 0.886. The highest BCUT2D eigenvalue weighted by atomic mass is 16.7. The zero-order valence-electron chi connectivity index (χ0n) is 11.9. The summed E-state index contributed by atoms with van der Waals surface area (Å²) in [5.41, 5.74) is 7.99. The molecule has 0 saturated heterocycles. The number of fused-ring (bicyclic) bond motifs is 1. The molecule has 0 spiro atoms. The number of ether oxygens (including phenoxy) is 3. The maximum atomic E-state index is 5.93. The van der Waals surface area contributed by atoms with E-state index >= 15 is 0 Å². The Balaban J connectivity index is 1.69. The van der Waals surface area contributed by atoms with Gasteiger partial charge in [-0.25, -0.2) is 0 Å². The first kappa shape index (κ1) is 13.8. The standard InChI is InChI=1S/C17H19NO3/c18-8-6-14-10-16-17(21-12-20-16)11-15(14)19-9-7-13-4-2-1-3-5-13/h1-5,10-11H,6-9,12,18H2. The summed E-state index contributed by atoms with van der Waals surface area (Å²) in [6, 6.07) is 14.2. The molecule has 1 aliphatic heterocycles. The van der Waals surface area contributed by atoms with Crippen LogP contribution in [0.2, 0.25) is 0 Å². The number of hydrogen-bond acceptors (Lipinski definition) is 4. The first-order valence-electron chi connectivity index (χ1n) is 7.16. The van der Waals surface area contributed by atoms with Gasteiger partial charge in [-0.05, 0) is 30.2 Å². The lowest BCUT2D eigenvalue weighted by atomic mass is 10.1. The largest absolute Gasteiger partial charge is 0.493 e. The summed E-state index contributed by atoms with van der Waals surface area (Å²) in [6.45, 7) is 1.47. The zero-order valence-corrected chi connectivity index (χ0v) is 11.9. The van der Waals surface area contributed by atoms with Crippen LogP contribution in [0.15, 0.2) is 42.5 Å². The maximum absolute atomic E-state index is 5.93. The van der Waals surface area contributed by atoms with Crippen molar-refractivity contribution in [3.05, 3.63) is 53.6 Å². The molecule has 2 aromatic rings. The third-order valence-corrected chi connectivity index (χ3v) is 3.46. The zero-order chi connectivity index (χ0) is 14.5. The molecule has 0 fully saturated rings. The Bertz CT molecular complexity index is 598. The van der Waals surface area contributed by atoms with E-state index < -0.39 is 0 Å². The second-order valence-corrected chi connectivity index (χ2v) is 4.94. The van der Waals surface area contributed by atoms with Crippen molar-refractivity contribution < 1.29 is 14.2 Å². The van der Waals surface area contributed by atoms with Crippen LogP contribution in [0.25, 0.3) is 0 Å². The summed E-state index contributed by atoms with van der Waals surface area (Å²) >= 11 is 0. The smallest absolute Gasteiger partial charge is 0.231 e. The van der Waals surface area contributed by atoms with E-state index in [0.717, 1.165) is 35.7 Å². The van der Waals surface area contributed by atoms with Crippen LogP contribution >= 0.6 is 0 Å². The van der Waals surface area contributed by atoms with E-state index in [1.54, 1.807) is 0 Å². The highest BCUT2D eigenvalue weighted by molar-refractivity contribution is 5.52. The second kappa shape index (κ2) is 6.50. The van der Waals surface area contributed by atoms with Crippen molar-refractivity contribution in [2.75, 3.05) is 19.9 Å². The summed E-state index contributed by atoms with van der Waals surface area (Å²) in [5, 5.41) is 0. The number of hydrogen-bond donors (Lipinski definition) is 1. The molecule has 0 bridgehead atoms. The van der Waals surface area contributed by atoms with Gasteiger partial charge in [-0.1, -0.05) is 30.3 Å². The molecule has 3 rings (SSSR count). The molecule has 2 N–H and O–H groups in total. The van der Waals surface area contributed by atoms with Gasteiger partial charge < -0.3 is 19.9 Å². The lowest BCUT2D eigenvalue weighted by molar-refractivity contribution is 0.173. The van der Waals surface area contributed by atoms with Crippen molar-refractivity contribution in [1.29, 1.82) is 0 Å². The highest BCUT2D eigenvalue weighted by Gasteiger charge is 2.17. The molecule has 21 heavy (non-hydrogen) atoms. The van der Waals surface area contributed by atoms with Gasteiger partial charge in [0.2, 0.25) is 6.79 Å². The predicted molar refractivity (Wildman–Crippen MR) is 81.0 cm³/mol. The number of rotatable bonds is 6. The molecule has 0 saturated carbocycles. The van der Waals surface area contributed by atoms with Crippen molar-refractivity contribution in [2.45, 2.75) is 12.8 Å². The fourth-order valence-electron chi connectivity index (χ4n) is 2.37. The van der Waals surface area contributed by atoms with Gasteiger partial charge in [-0.3, -0.25) is 0 Å². The van der Waals surface area contributed by atoms with E-state index in [4.69, 9.17) is 19.9 Å². The van der Waals surface area contributed by atoms with Crippen LogP contribution < -0.4 is 19.9 Å². The summed E-state index contributed by atoms with van der Waals surface area (Å²) < 4.78 is 16.7. The van der Waals surface area contributed by atoms with Crippen LogP contribution in [-0.4, -0.2) is 19.9 Å². The summed E-state index contributed by atoms with van der Waals surface area (Å²) in [6.07, 6.45) is 1.63. The van der Waals surface area contributed by atoms with E-state index in [2.05, 4.69) is 12.1 Å². The highest BCUT2D eigenvalue weighted by Crippen LogP contribution is 2.38. The van der Waals surface area contributed by atoms with Crippen LogP contribution in [0.3, 0.4) is 0 Å². The SMILES string of the molecule is NCCc1cc2c(cc1OCCc1ccccc1)OCO2. The van der Waals surface area contributed by atoms with E-state index in [-0.39, 0.29) is 6.79 Å². The minimum atomic E-state index is 0.269. The molecule has 1 heterocycles. The third kappa shape index (κ3) is 3.28. The minimum Gasteiger partial charge on any atom is -0.493 e. The minimum absolute atomic E-state index is 0.269. The van der Waals surface area contributed by atoms with E-state index in [0.29, 0.717) is 13.2 Å². The lowest BCUT2D eigenvalue weighted by Crippen LogP contribution is -2.07. The normalized spacial score (nSPS) is 12.4. The first-order valence-corrected chi connectivity index (χ1v) is 7.16. The summed E-state index contributed by atoms with van der Waals surface area (Å²) in [4.78, 5) is 0.